The van der Waals surface area contributed by atoms with Crippen LogP contribution < -0.4 is 0 Å². The van der Waals surface area contributed by atoms with Gasteiger partial charge in [-0.05, 0) is 22.0 Å². The molecule has 0 saturated heterocycles. The molecule has 0 atom stereocenters. The first-order valence-electron chi connectivity index (χ1n) is 11.2. The summed E-state index contributed by atoms with van der Waals surface area (Å²) >= 11 is 0. The Bertz CT molecular complexity index is 1370. The van der Waals surface area contributed by atoms with Crippen LogP contribution in [0.3, 0.4) is 0 Å². The van der Waals surface area contributed by atoms with Crippen molar-refractivity contribution >= 4 is 11.1 Å². The van der Waals surface area contributed by atoms with Gasteiger partial charge in [0.15, 0.2) is 46.5 Å². The molecule has 0 unspecified atom stereocenters. The minimum Gasteiger partial charge on any atom is -0.203 e. The van der Waals surface area contributed by atoms with Gasteiger partial charge in [-0.2, -0.15) is 15.8 Å². The van der Waals surface area contributed by atoms with Gasteiger partial charge in [0.05, 0.1) is 40.5 Å². The second-order valence-corrected chi connectivity index (χ2v) is 10.5. The highest BCUT2D eigenvalue weighted by Gasteiger charge is 2.40. The average molecular weight is 551 g/mol. The summed E-state index contributed by atoms with van der Waals surface area (Å²) in [6.45, 7) is 8.26. The maximum absolute atomic E-state index is 15.2. The summed E-state index contributed by atoms with van der Waals surface area (Å²) < 4.78 is 121. The molecule has 0 aliphatic carbocycles. The molecule has 0 aliphatic heterocycles. The Morgan fingerprint density at radius 3 is 0.974 bits per heavy atom. The molecule has 3 nitrogen and oxygen atoms in total. The monoisotopic (exact) mass is 551 g/mol. The lowest BCUT2D eigenvalue weighted by Crippen LogP contribution is -2.20. The molecule has 0 amide bonds. The summed E-state index contributed by atoms with van der Waals surface area (Å²) in [5.41, 5.74) is -9.69. The van der Waals surface area contributed by atoms with E-state index in [2.05, 4.69) is 0 Å². The van der Waals surface area contributed by atoms with Gasteiger partial charge < -0.3 is 0 Å². The predicted molar refractivity (Wildman–Crippen MR) is 126 cm³/mol. The predicted octanol–water partition coefficient (Wildman–Crippen LogP) is 8.36. The maximum Gasteiger partial charge on any atom is 0.169 e. The average Bonchev–Trinajstić information content (AvgIpc) is 2.83. The van der Waals surface area contributed by atoms with Crippen LogP contribution in [0.15, 0.2) is 12.2 Å². The van der Waals surface area contributed by atoms with E-state index >= 15 is 35.1 Å². The Hall–Kier alpha value is -4.17. The van der Waals surface area contributed by atoms with Gasteiger partial charge in [0.2, 0.25) is 0 Å². The minimum absolute atomic E-state index is 0.476. The van der Waals surface area contributed by atoms with Crippen molar-refractivity contribution in [3.8, 4) is 18.2 Å². The number of nitriles is 3. The molecular weight excluding hydrogens is 530 g/mol. The largest absolute Gasteiger partial charge is 0.203 e. The topological polar surface area (TPSA) is 71.4 Å². The molecule has 0 heterocycles. The van der Waals surface area contributed by atoms with Crippen molar-refractivity contribution in [1.82, 2.24) is 0 Å². The minimum atomic E-state index is -2.89. The summed E-state index contributed by atoms with van der Waals surface area (Å²) in [5.74, 6) is -20.3. The van der Waals surface area contributed by atoms with Crippen molar-refractivity contribution in [3.05, 3.63) is 80.9 Å². The molecule has 39 heavy (non-hydrogen) atoms. The Balaban J connectivity index is 3.03. The third kappa shape index (κ3) is 5.38. The van der Waals surface area contributed by atoms with Crippen LogP contribution >= 0.6 is 0 Å². The fourth-order valence-electron chi connectivity index (χ4n) is 4.01. The van der Waals surface area contributed by atoms with Crippen LogP contribution in [0, 0.1) is 91.4 Å². The molecule has 11 heteroatoms. The number of rotatable bonds is 4. The van der Waals surface area contributed by atoms with E-state index in [-0.39, 0.29) is 0 Å². The van der Waals surface area contributed by atoms with Crippen LogP contribution in [0.25, 0.3) is 11.1 Å². The van der Waals surface area contributed by atoms with Crippen molar-refractivity contribution in [2.24, 2.45) is 10.8 Å². The Morgan fingerprint density at radius 1 is 0.538 bits per heavy atom. The van der Waals surface area contributed by atoms with Gasteiger partial charge in [-0.1, -0.05) is 41.5 Å². The summed E-state index contributed by atoms with van der Waals surface area (Å²) in [7, 11) is 0. The molecule has 204 valence electrons. The number of hydrogen-bond acceptors (Lipinski definition) is 3. The first-order chi connectivity index (χ1) is 17.9. The van der Waals surface area contributed by atoms with Crippen molar-refractivity contribution in [2.75, 3.05) is 0 Å². The van der Waals surface area contributed by atoms with E-state index < -0.39 is 96.7 Å². The summed E-state index contributed by atoms with van der Waals surface area (Å²) in [5, 5.41) is 27.5. The van der Waals surface area contributed by atoms with Crippen molar-refractivity contribution < 1.29 is 35.1 Å². The molecule has 0 aliphatic rings. The number of halogens is 8. The van der Waals surface area contributed by atoms with E-state index in [1.165, 1.54) is 53.7 Å². The van der Waals surface area contributed by atoms with Crippen LogP contribution in [0.4, 0.5) is 35.1 Å². The highest BCUT2D eigenvalue weighted by Crippen LogP contribution is 2.44. The first-order valence-corrected chi connectivity index (χ1v) is 11.2. The fourth-order valence-corrected chi connectivity index (χ4v) is 4.01. The van der Waals surface area contributed by atoms with E-state index in [0.29, 0.717) is 12.2 Å². The zero-order valence-corrected chi connectivity index (χ0v) is 21.6. The molecule has 2 aromatic rings. The number of nitrogens with zero attached hydrogens (tertiary/aromatic N) is 3. The van der Waals surface area contributed by atoms with E-state index in [4.69, 9.17) is 10.5 Å². The molecule has 0 spiro atoms. The lowest BCUT2D eigenvalue weighted by molar-refractivity contribution is 0.413. The van der Waals surface area contributed by atoms with Crippen molar-refractivity contribution in [2.45, 2.75) is 47.5 Å². The van der Waals surface area contributed by atoms with Gasteiger partial charge in [0.1, 0.15) is 5.92 Å². The molecule has 0 bridgehead atoms. The SMILES string of the molecule is CC(C)(C)C(=CC#N)c1c(F)c(F)c(C(C#N)c2c(F)c(F)c(C(=CC#N)C(C)(C)C)c(F)c2F)c(F)c1F. The van der Waals surface area contributed by atoms with Crippen molar-refractivity contribution in [1.29, 1.82) is 15.8 Å². The zero-order valence-electron chi connectivity index (χ0n) is 21.6. The van der Waals surface area contributed by atoms with Crippen LogP contribution in [0.5, 0.6) is 0 Å². The third-order valence-electron chi connectivity index (χ3n) is 5.87. The van der Waals surface area contributed by atoms with Gasteiger partial charge in [-0.15, -0.1) is 0 Å². The number of benzene rings is 2. The van der Waals surface area contributed by atoms with Crippen molar-refractivity contribution in [3.63, 3.8) is 0 Å². The van der Waals surface area contributed by atoms with Crippen LogP contribution in [0.1, 0.15) is 69.7 Å². The number of hydrogen-bond donors (Lipinski definition) is 0. The zero-order chi connectivity index (χ0) is 30.2. The molecule has 0 saturated carbocycles. The van der Waals surface area contributed by atoms with E-state index in [1.807, 2.05) is 0 Å². The van der Waals surface area contributed by atoms with Gasteiger partial charge in [-0.3, -0.25) is 0 Å². The smallest absolute Gasteiger partial charge is 0.169 e. The lowest BCUT2D eigenvalue weighted by Gasteiger charge is -2.26. The lowest BCUT2D eigenvalue weighted by atomic mass is 9.79. The van der Waals surface area contributed by atoms with Gasteiger partial charge in [-0.25, -0.2) is 35.1 Å². The highest BCUT2D eigenvalue weighted by molar-refractivity contribution is 5.74. The summed E-state index contributed by atoms with van der Waals surface area (Å²) in [6, 6.07) is 4.06. The van der Waals surface area contributed by atoms with E-state index in [0.717, 1.165) is 6.07 Å². The molecule has 2 rings (SSSR count). The standard InChI is InChI=1S/C28H21F8N3/c1-27(2,3)13(7-9-37)17-23(33)19(29)15(20(30)24(17)34)12(11-39)16-21(31)25(35)18(26(36)22(16)32)14(8-10-38)28(4,5)6/h7-8,12H,1-6H3. The fraction of sp³-hybridized carbons (Fsp3) is 0.321. The summed E-state index contributed by atoms with van der Waals surface area (Å²) in [6.07, 6.45) is 1.29. The quantitative estimate of drug-likeness (QED) is 0.218. The molecule has 0 radical (unpaired) electrons. The van der Waals surface area contributed by atoms with Crippen LogP contribution in [-0.2, 0) is 0 Å². The van der Waals surface area contributed by atoms with Crippen LogP contribution in [0.2, 0.25) is 0 Å². The number of allylic oxidation sites excluding steroid dienone is 4. The molecular formula is C28H21F8N3. The first kappa shape index (κ1) is 31.1. The molecule has 0 fully saturated rings. The normalized spacial score (nSPS) is 13.5. The molecule has 0 N–H and O–H groups in total. The van der Waals surface area contributed by atoms with E-state index in [1.54, 1.807) is 0 Å². The van der Waals surface area contributed by atoms with Gasteiger partial charge >= 0.3 is 0 Å². The van der Waals surface area contributed by atoms with Gasteiger partial charge in [0, 0.05) is 12.2 Å². The third-order valence-corrected chi connectivity index (χ3v) is 5.87. The Kier molecular flexibility index (Phi) is 8.68. The Labute approximate surface area is 219 Å². The van der Waals surface area contributed by atoms with Gasteiger partial charge in [0.25, 0.3) is 0 Å². The Morgan fingerprint density at radius 2 is 0.795 bits per heavy atom. The molecule has 0 aromatic heterocycles. The van der Waals surface area contributed by atoms with E-state index in [9.17, 15) is 5.26 Å². The maximum atomic E-state index is 15.2. The highest BCUT2D eigenvalue weighted by atomic mass is 19.2. The summed E-state index contributed by atoms with van der Waals surface area (Å²) in [4.78, 5) is 0. The van der Waals surface area contributed by atoms with Crippen LogP contribution in [-0.4, -0.2) is 0 Å². The second kappa shape index (κ2) is 10.9. The second-order valence-electron chi connectivity index (χ2n) is 10.5. The molecule has 2 aromatic carbocycles.